The molecule has 1 aromatic heterocycles. The molecular formula is C15H22N2O3. The van der Waals surface area contributed by atoms with Gasteiger partial charge in [-0.05, 0) is 39.0 Å². The van der Waals surface area contributed by atoms with Crippen molar-refractivity contribution in [2.24, 2.45) is 0 Å². The highest BCUT2D eigenvalue weighted by atomic mass is 16.5. The van der Waals surface area contributed by atoms with Crippen LogP contribution in [0, 0.1) is 0 Å². The van der Waals surface area contributed by atoms with Gasteiger partial charge in [0.2, 0.25) is 5.76 Å². The third kappa shape index (κ3) is 2.35. The van der Waals surface area contributed by atoms with Crippen molar-refractivity contribution in [3.63, 3.8) is 0 Å². The number of aryl methyl sites for hydroxylation is 1. The lowest BCUT2D eigenvalue weighted by Gasteiger charge is -2.39. The normalized spacial score (nSPS) is 26.4. The van der Waals surface area contributed by atoms with E-state index in [1.165, 1.54) is 0 Å². The van der Waals surface area contributed by atoms with E-state index in [-0.39, 0.29) is 11.5 Å². The second kappa shape index (κ2) is 5.20. The zero-order valence-corrected chi connectivity index (χ0v) is 12.3. The standard InChI is InChI=1S/C15H22N2O3/c1-3-15(2)10-17(8-9-19-15)14(18)13-11-6-4-5-7-12(11)16-20-13/h3-10H2,1-2H3. The third-order valence-electron chi connectivity index (χ3n) is 4.53. The monoisotopic (exact) mass is 278 g/mol. The Morgan fingerprint density at radius 2 is 2.20 bits per heavy atom. The second-order valence-electron chi connectivity index (χ2n) is 6.02. The fraction of sp³-hybridized carbons (Fsp3) is 0.733. The Hall–Kier alpha value is -1.36. The van der Waals surface area contributed by atoms with Crippen LogP contribution in [-0.4, -0.2) is 41.3 Å². The Labute approximate surface area is 119 Å². The minimum atomic E-state index is -0.242. The SMILES string of the molecule is CCC1(C)CN(C(=O)c2onc3c2CCCC3)CCO1. The molecule has 1 aliphatic carbocycles. The molecule has 1 aromatic rings. The first-order valence-electron chi connectivity index (χ1n) is 7.53. The molecule has 20 heavy (non-hydrogen) atoms. The molecular weight excluding hydrogens is 256 g/mol. The highest BCUT2D eigenvalue weighted by Gasteiger charge is 2.35. The maximum Gasteiger partial charge on any atom is 0.292 e. The van der Waals surface area contributed by atoms with Crippen LogP contribution in [0.5, 0.6) is 0 Å². The molecule has 3 rings (SSSR count). The number of hydrogen-bond acceptors (Lipinski definition) is 4. The Kier molecular flexibility index (Phi) is 3.54. The lowest BCUT2D eigenvalue weighted by Crippen LogP contribution is -2.51. The summed E-state index contributed by atoms with van der Waals surface area (Å²) in [7, 11) is 0. The Morgan fingerprint density at radius 1 is 1.40 bits per heavy atom. The van der Waals surface area contributed by atoms with E-state index in [4.69, 9.17) is 9.26 Å². The molecule has 2 heterocycles. The summed E-state index contributed by atoms with van der Waals surface area (Å²) in [4.78, 5) is 14.5. The molecule has 0 spiro atoms. The maximum absolute atomic E-state index is 12.7. The number of morpholine rings is 1. The molecule has 0 radical (unpaired) electrons. The fourth-order valence-corrected chi connectivity index (χ4v) is 3.02. The third-order valence-corrected chi connectivity index (χ3v) is 4.53. The highest BCUT2D eigenvalue weighted by Crippen LogP contribution is 2.27. The van der Waals surface area contributed by atoms with E-state index in [2.05, 4.69) is 19.0 Å². The van der Waals surface area contributed by atoms with Gasteiger partial charge in [-0.25, -0.2) is 0 Å². The summed E-state index contributed by atoms with van der Waals surface area (Å²) in [5.74, 6) is 0.434. The number of fused-ring (bicyclic) bond motifs is 1. The van der Waals surface area contributed by atoms with Crippen LogP contribution in [-0.2, 0) is 17.6 Å². The van der Waals surface area contributed by atoms with Crippen molar-refractivity contribution in [3.8, 4) is 0 Å². The Balaban J connectivity index is 1.80. The summed E-state index contributed by atoms with van der Waals surface area (Å²) < 4.78 is 11.1. The summed E-state index contributed by atoms with van der Waals surface area (Å²) in [5, 5.41) is 4.08. The van der Waals surface area contributed by atoms with Crippen LogP contribution in [0.15, 0.2) is 4.52 Å². The number of amides is 1. The van der Waals surface area contributed by atoms with Gasteiger partial charge in [0.25, 0.3) is 5.91 Å². The summed E-state index contributed by atoms with van der Waals surface area (Å²) in [6.07, 6.45) is 4.99. The van der Waals surface area contributed by atoms with E-state index >= 15 is 0 Å². The number of nitrogens with zero attached hydrogens (tertiary/aromatic N) is 2. The molecule has 1 atom stereocenters. The summed E-state index contributed by atoms with van der Waals surface area (Å²) in [6, 6.07) is 0. The quantitative estimate of drug-likeness (QED) is 0.832. The average Bonchev–Trinajstić information content (AvgIpc) is 2.90. The van der Waals surface area contributed by atoms with Crippen LogP contribution in [0.1, 0.15) is 54.9 Å². The topological polar surface area (TPSA) is 55.6 Å². The Morgan fingerprint density at radius 3 is 3.00 bits per heavy atom. The number of aromatic nitrogens is 1. The molecule has 0 aromatic carbocycles. The van der Waals surface area contributed by atoms with Crippen LogP contribution in [0.25, 0.3) is 0 Å². The van der Waals surface area contributed by atoms with E-state index in [1.54, 1.807) is 0 Å². The molecule has 5 nitrogen and oxygen atoms in total. The van der Waals surface area contributed by atoms with Crippen molar-refractivity contribution in [1.29, 1.82) is 0 Å². The number of rotatable bonds is 2. The number of carbonyl (C=O) groups is 1. The number of hydrogen-bond donors (Lipinski definition) is 0. The molecule has 1 amide bonds. The second-order valence-corrected chi connectivity index (χ2v) is 6.02. The van der Waals surface area contributed by atoms with Crippen LogP contribution in [0.3, 0.4) is 0 Å². The predicted octanol–water partition coefficient (Wildman–Crippen LogP) is 2.19. The zero-order chi connectivity index (χ0) is 14.2. The molecule has 2 aliphatic rings. The molecule has 0 saturated carbocycles. The van der Waals surface area contributed by atoms with Gasteiger partial charge in [0, 0.05) is 18.7 Å². The Bertz CT molecular complexity index is 511. The summed E-state index contributed by atoms with van der Waals surface area (Å²) >= 11 is 0. The molecule has 1 aliphatic heterocycles. The van der Waals surface area contributed by atoms with Gasteiger partial charge in [0.15, 0.2) is 0 Å². The number of ether oxygens (including phenoxy) is 1. The lowest BCUT2D eigenvalue weighted by molar-refractivity contribution is -0.0902. The van der Waals surface area contributed by atoms with Gasteiger partial charge in [0.1, 0.15) is 0 Å². The van der Waals surface area contributed by atoms with Gasteiger partial charge in [-0.3, -0.25) is 4.79 Å². The smallest absolute Gasteiger partial charge is 0.292 e. The molecule has 1 unspecified atom stereocenters. The van der Waals surface area contributed by atoms with Crippen molar-refractivity contribution in [2.75, 3.05) is 19.7 Å². The molecule has 5 heteroatoms. The van der Waals surface area contributed by atoms with E-state index in [9.17, 15) is 4.79 Å². The van der Waals surface area contributed by atoms with Crippen molar-refractivity contribution in [2.45, 2.75) is 51.6 Å². The molecule has 0 N–H and O–H groups in total. The van der Waals surface area contributed by atoms with E-state index in [1.807, 2.05) is 4.90 Å². The van der Waals surface area contributed by atoms with Crippen molar-refractivity contribution >= 4 is 5.91 Å². The van der Waals surface area contributed by atoms with Gasteiger partial charge in [-0.1, -0.05) is 12.1 Å². The summed E-state index contributed by atoms with van der Waals surface area (Å²) in [6.45, 7) is 5.99. The van der Waals surface area contributed by atoms with Gasteiger partial charge >= 0.3 is 0 Å². The molecule has 110 valence electrons. The first-order chi connectivity index (χ1) is 9.63. The van der Waals surface area contributed by atoms with Crippen molar-refractivity contribution < 1.29 is 14.1 Å². The van der Waals surface area contributed by atoms with Crippen LogP contribution < -0.4 is 0 Å². The predicted molar refractivity (Wildman–Crippen MR) is 73.7 cm³/mol. The van der Waals surface area contributed by atoms with Crippen LogP contribution >= 0.6 is 0 Å². The van der Waals surface area contributed by atoms with Crippen molar-refractivity contribution in [3.05, 3.63) is 17.0 Å². The minimum absolute atomic E-state index is 0.0244. The van der Waals surface area contributed by atoms with E-state index < -0.39 is 0 Å². The van der Waals surface area contributed by atoms with Gasteiger partial charge in [-0.2, -0.15) is 0 Å². The van der Waals surface area contributed by atoms with Crippen molar-refractivity contribution in [1.82, 2.24) is 10.1 Å². The molecule has 1 saturated heterocycles. The van der Waals surface area contributed by atoms with E-state index in [0.717, 1.165) is 43.4 Å². The number of carbonyl (C=O) groups excluding carboxylic acids is 1. The maximum atomic E-state index is 12.7. The fourth-order valence-electron chi connectivity index (χ4n) is 3.02. The first-order valence-corrected chi connectivity index (χ1v) is 7.53. The van der Waals surface area contributed by atoms with Crippen LogP contribution in [0.4, 0.5) is 0 Å². The van der Waals surface area contributed by atoms with Gasteiger partial charge < -0.3 is 14.2 Å². The summed E-state index contributed by atoms with van der Waals surface area (Å²) in [5.41, 5.74) is 1.77. The molecule has 0 bridgehead atoms. The average molecular weight is 278 g/mol. The largest absolute Gasteiger partial charge is 0.372 e. The van der Waals surface area contributed by atoms with Gasteiger partial charge in [-0.15, -0.1) is 0 Å². The first kappa shape index (κ1) is 13.6. The highest BCUT2D eigenvalue weighted by molar-refractivity contribution is 5.93. The molecule has 1 fully saturated rings. The zero-order valence-electron chi connectivity index (χ0n) is 12.3. The van der Waals surface area contributed by atoms with Crippen LogP contribution in [0.2, 0.25) is 0 Å². The van der Waals surface area contributed by atoms with Gasteiger partial charge in [0.05, 0.1) is 17.9 Å². The van der Waals surface area contributed by atoms with E-state index in [0.29, 0.717) is 25.5 Å². The minimum Gasteiger partial charge on any atom is -0.372 e. The lowest BCUT2D eigenvalue weighted by atomic mass is 9.95.